The summed E-state index contributed by atoms with van der Waals surface area (Å²) in [4.78, 5) is 35.1. The van der Waals surface area contributed by atoms with Crippen molar-refractivity contribution in [2.45, 2.75) is 19.3 Å². The van der Waals surface area contributed by atoms with Crippen molar-refractivity contribution in [2.75, 3.05) is 13.2 Å². The van der Waals surface area contributed by atoms with Gasteiger partial charge in [0.25, 0.3) is 17.2 Å². The molecule has 0 bridgehead atoms. The number of H-pyrrole nitrogens is 1. The lowest BCUT2D eigenvalue weighted by atomic mass is 10.2. The van der Waals surface area contributed by atoms with E-state index in [1.54, 1.807) is 0 Å². The Bertz CT molecular complexity index is 511. The van der Waals surface area contributed by atoms with E-state index in [0.717, 1.165) is 18.7 Å². The topological polar surface area (TPSA) is 125 Å². The van der Waals surface area contributed by atoms with E-state index in [4.69, 9.17) is 5.11 Å². The molecule has 0 aromatic carbocycles. The van der Waals surface area contributed by atoms with Gasteiger partial charge in [-0.25, -0.2) is 0 Å². The maximum Gasteiger partial charge on any atom is 0.286 e. The molecular weight excluding hydrogens is 254 g/mol. The van der Waals surface area contributed by atoms with Crippen molar-refractivity contribution < 1.29 is 14.8 Å². The summed E-state index contributed by atoms with van der Waals surface area (Å²) >= 11 is 0. The molecule has 0 saturated carbocycles. The molecule has 104 valence electrons. The Morgan fingerprint density at radius 2 is 2.16 bits per heavy atom. The van der Waals surface area contributed by atoms with Gasteiger partial charge in [-0.3, -0.25) is 19.7 Å². The number of hydrogen-bond donors (Lipinski definition) is 3. The Morgan fingerprint density at radius 3 is 2.79 bits per heavy atom. The number of rotatable bonds is 7. The van der Waals surface area contributed by atoms with Crippen LogP contribution in [0.1, 0.15) is 29.6 Å². The number of aliphatic hydroxyl groups excluding tert-OH is 1. The highest BCUT2D eigenvalue weighted by molar-refractivity contribution is 5.94. The highest BCUT2D eigenvalue weighted by Crippen LogP contribution is 2.08. The van der Waals surface area contributed by atoms with E-state index in [9.17, 15) is 19.7 Å². The van der Waals surface area contributed by atoms with E-state index in [0.29, 0.717) is 19.4 Å². The van der Waals surface area contributed by atoms with Gasteiger partial charge in [0.05, 0.1) is 11.1 Å². The summed E-state index contributed by atoms with van der Waals surface area (Å²) < 4.78 is 0. The Hall–Kier alpha value is -2.22. The van der Waals surface area contributed by atoms with Gasteiger partial charge in [-0.05, 0) is 19.3 Å². The zero-order chi connectivity index (χ0) is 14.3. The number of unbranched alkanes of at least 4 members (excludes halogenated alkanes) is 2. The number of pyridine rings is 1. The molecule has 8 nitrogen and oxygen atoms in total. The second-order valence-corrected chi connectivity index (χ2v) is 3.90. The van der Waals surface area contributed by atoms with Gasteiger partial charge >= 0.3 is 0 Å². The molecule has 0 radical (unpaired) electrons. The molecule has 0 atom stereocenters. The molecule has 3 N–H and O–H groups in total. The minimum Gasteiger partial charge on any atom is -0.396 e. The minimum absolute atomic E-state index is 0.0957. The number of amides is 1. The highest BCUT2D eigenvalue weighted by atomic mass is 16.6. The largest absolute Gasteiger partial charge is 0.396 e. The van der Waals surface area contributed by atoms with Crippen molar-refractivity contribution in [1.82, 2.24) is 10.3 Å². The Balaban J connectivity index is 2.63. The summed E-state index contributed by atoms with van der Waals surface area (Å²) in [7, 11) is 0. The van der Waals surface area contributed by atoms with Crippen molar-refractivity contribution in [3.05, 3.63) is 38.3 Å². The number of aromatic amines is 1. The fraction of sp³-hybridized carbons (Fsp3) is 0.455. The molecule has 0 saturated heterocycles. The van der Waals surface area contributed by atoms with Gasteiger partial charge in [0.15, 0.2) is 0 Å². The van der Waals surface area contributed by atoms with E-state index in [2.05, 4.69) is 10.3 Å². The molecule has 1 rings (SSSR count). The molecule has 1 amide bonds. The second kappa shape index (κ2) is 7.27. The highest BCUT2D eigenvalue weighted by Gasteiger charge is 2.15. The number of nitrogens with zero attached hydrogens (tertiary/aromatic N) is 1. The van der Waals surface area contributed by atoms with Crippen LogP contribution in [0.2, 0.25) is 0 Å². The van der Waals surface area contributed by atoms with Crippen molar-refractivity contribution in [3.63, 3.8) is 0 Å². The van der Waals surface area contributed by atoms with Crippen molar-refractivity contribution in [1.29, 1.82) is 0 Å². The van der Waals surface area contributed by atoms with Gasteiger partial charge in [-0.15, -0.1) is 0 Å². The normalized spacial score (nSPS) is 10.2. The molecule has 0 unspecified atom stereocenters. The van der Waals surface area contributed by atoms with Crippen LogP contribution in [-0.4, -0.2) is 34.1 Å². The second-order valence-electron chi connectivity index (χ2n) is 3.90. The number of aromatic nitrogens is 1. The number of nitrogens with one attached hydrogen (secondary N) is 2. The maximum absolute atomic E-state index is 11.7. The van der Waals surface area contributed by atoms with Crippen molar-refractivity contribution >= 4 is 11.6 Å². The van der Waals surface area contributed by atoms with Crippen LogP contribution in [0.5, 0.6) is 0 Å². The lowest BCUT2D eigenvalue weighted by Crippen LogP contribution is -2.30. The minimum atomic E-state index is -0.687. The summed E-state index contributed by atoms with van der Waals surface area (Å²) in [5.41, 5.74) is -1.29. The molecule has 1 aromatic rings. The van der Waals surface area contributed by atoms with Crippen LogP contribution >= 0.6 is 0 Å². The van der Waals surface area contributed by atoms with E-state index in [-0.39, 0.29) is 17.9 Å². The first-order valence-corrected chi connectivity index (χ1v) is 5.82. The molecule has 0 fully saturated rings. The van der Waals surface area contributed by atoms with Gasteiger partial charge in [0.2, 0.25) is 0 Å². The SMILES string of the molecule is O=C(NCCCCCO)c1cc([N+](=O)[O-])c[nH]c1=O. The van der Waals surface area contributed by atoms with Crippen molar-refractivity contribution in [2.24, 2.45) is 0 Å². The fourth-order valence-electron chi connectivity index (χ4n) is 1.46. The fourth-order valence-corrected chi connectivity index (χ4v) is 1.46. The lowest BCUT2D eigenvalue weighted by molar-refractivity contribution is -0.385. The zero-order valence-corrected chi connectivity index (χ0v) is 10.2. The van der Waals surface area contributed by atoms with Crippen LogP contribution in [0.4, 0.5) is 5.69 Å². The van der Waals surface area contributed by atoms with Gasteiger partial charge in [-0.2, -0.15) is 0 Å². The van der Waals surface area contributed by atoms with Crippen LogP contribution in [0.25, 0.3) is 0 Å². The quantitative estimate of drug-likeness (QED) is 0.370. The molecule has 8 heteroatoms. The molecule has 1 heterocycles. The Morgan fingerprint density at radius 1 is 1.42 bits per heavy atom. The number of aliphatic hydroxyl groups is 1. The summed E-state index contributed by atoms with van der Waals surface area (Å²) in [5.74, 6) is -0.644. The first-order chi connectivity index (χ1) is 9.06. The molecule has 19 heavy (non-hydrogen) atoms. The Labute approximate surface area is 108 Å². The van der Waals surface area contributed by atoms with Crippen LogP contribution < -0.4 is 10.9 Å². The average Bonchev–Trinajstić information content (AvgIpc) is 2.38. The smallest absolute Gasteiger partial charge is 0.286 e. The van der Waals surface area contributed by atoms with Crippen LogP contribution in [0.3, 0.4) is 0 Å². The van der Waals surface area contributed by atoms with E-state index >= 15 is 0 Å². The predicted octanol–water partition coefficient (Wildman–Crippen LogP) is 0.175. The molecule has 0 aliphatic carbocycles. The molecule has 0 aliphatic rings. The standard InChI is InChI=1S/C11H15N3O5/c15-5-3-1-2-4-12-10(16)9-6-8(14(18)19)7-13-11(9)17/h6-7,15H,1-5H2,(H,12,16)(H,13,17). The number of carbonyl (C=O) groups excluding carboxylic acids is 1. The number of hydrogen-bond acceptors (Lipinski definition) is 5. The summed E-state index contributed by atoms with van der Waals surface area (Å²) in [5, 5.41) is 21.6. The first-order valence-electron chi connectivity index (χ1n) is 5.82. The number of carbonyl (C=O) groups is 1. The lowest BCUT2D eigenvalue weighted by Gasteiger charge is -2.04. The average molecular weight is 269 g/mol. The molecule has 0 aliphatic heterocycles. The van der Waals surface area contributed by atoms with Crippen LogP contribution in [0, 0.1) is 10.1 Å². The van der Waals surface area contributed by atoms with Gasteiger partial charge in [-0.1, -0.05) is 0 Å². The van der Waals surface area contributed by atoms with Gasteiger partial charge in [0, 0.05) is 19.2 Å². The Kier molecular flexibility index (Phi) is 5.68. The third-order valence-electron chi connectivity index (χ3n) is 2.46. The van der Waals surface area contributed by atoms with E-state index in [1.165, 1.54) is 0 Å². The molecular formula is C11H15N3O5. The third kappa shape index (κ3) is 4.51. The van der Waals surface area contributed by atoms with E-state index in [1.807, 2.05) is 0 Å². The van der Waals surface area contributed by atoms with Crippen molar-refractivity contribution in [3.8, 4) is 0 Å². The van der Waals surface area contributed by atoms with Gasteiger partial charge < -0.3 is 15.4 Å². The number of nitro groups is 1. The summed E-state index contributed by atoms with van der Waals surface area (Å²) in [6.45, 7) is 0.444. The van der Waals surface area contributed by atoms with E-state index < -0.39 is 16.4 Å². The predicted molar refractivity (Wildman–Crippen MR) is 67.0 cm³/mol. The third-order valence-corrected chi connectivity index (χ3v) is 2.46. The maximum atomic E-state index is 11.7. The van der Waals surface area contributed by atoms with Crippen LogP contribution in [0.15, 0.2) is 17.1 Å². The zero-order valence-electron chi connectivity index (χ0n) is 10.2. The van der Waals surface area contributed by atoms with Gasteiger partial charge in [0.1, 0.15) is 5.56 Å². The molecule has 1 aromatic heterocycles. The monoisotopic (exact) mass is 269 g/mol. The van der Waals surface area contributed by atoms with Crippen LogP contribution in [-0.2, 0) is 0 Å². The molecule has 0 spiro atoms. The summed E-state index contributed by atoms with van der Waals surface area (Å²) in [6, 6.07) is 0.946. The summed E-state index contributed by atoms with van der Waals surface area (Å²) in [6.07, 6.45) is 3.01. The first kappa shape index (κ1) is 14.8.